The Morgan fingerprint density at radius 3 is 2.53 bits per heavy atom. The molecule has 0 amide bonds. The molecule has 1 aromatic heterocycles. The molecular formula is C13H16N2OS. The van der Waals surface area contributed by atoms with E-state index >= 15 is 0 Å². The van der Waals surface area contributed by atoms with Crippen LogP contribution in [0.4, 0.5) is 0 Å². The van der Waals surface area contributed by atoms with Gasteiger partial charge in [-0.1, -0.05) is 29.8 Å². The van der Waals surface area contributed by atoms with Gasteiger partial charge in [0.2, 0.25) is 0 Å². The second-order valence-corrected chi connectivity index (χ2v) is 4.81. The van der Waals surface area contributed by atoms with Crippen molar-refractivity contribution >= 4 is 11.3 Å². The molecule has 1 unspecified atom stereocenters. The molecule has 0 spiro atoms. The lowest BCUT2D eigenvalue weighted by Gasteiger charge is -2.16. The Bertz CT molecular complexity index is 478. The summed E-state index contributed by atoms with van der Waals surface area (Å²) >= 11 is 1.64. The van der Waals surface area contributed by atoms with E-state index in [0.29, 0.717) is 0 Å². The number of nitrogens with two attached hydrogens (primary N) is 1. The molecule has 0 aliphatic heterocycles. The van der Waals surface area contributed by atoms with Crippen molar-refractivity contribution in [2.24, 2.45) is 5.84 Å². The first kappa shape index (κ1) is 12.1. The predicted molar refractivity (Wildman–Crippen MR) is 71.2 cm³/mol. The highest BCUT2D eigenvalue weighted by atomic mass is 32.1. The van der Waals surface area contributed by atoms with Crippen LogP contribution in [0.15, 0.2) is 35.7 Å². The van der Waals surface area contributed by atoms with Gasteiger partial charge in [0.1, 0.15) is 5.75 Å². The van der Waals surface area contributed by atoms with Gasteiger partial charge in [0.15, 0.2) is 0 Å². The third-order valence-corrected chi connectivity index (χ3v) is 3.68. The monoisotopic (exact) mass is 248 g/mol. The average Bonchev–Trinajstić information content (AvgIpc) is 2.81. The SMILES string of the molecule is COc1ccsc1C(NN)c1ccc(C)cc1. The molecule has 1 aromatic carbocycles. The summed E-state index contributed by atoms with van der Waals surface area (Å²) in [5.41, 5.74) is 5.22. The van der Waals surface area contributed by atoms with Crippen molar-refractivity contribution in [3.8, 4) is 5.75 Å². The van der Waals surface area contributed by atoms with E-state index in [1.165, 1.54) is 5.56 Å². The molecule has 0 bridgehead atoms. The van der Waals surface area contributed by atoms with Gasteiger partial charge >= 0.3 is 0 Å². The van der Waals surface area contributed by atoms with Gasteiger partial charge in [0, 0.05) is 0 Å². The summed E-state index contributed by atoms with van der Waals surface area (Å²) in [4.78, 5) is 1.10. The van der Waals surface area contributed by atoms with Gasteiger partial charge < -0.3 is 4.74 Å². The van der Waals surface area contributed by atoms with Crippen LogP contribution in [-0.2, 0) is 0 Å². The van der Waals surface area contributed by atoms with E-state index in [1.54, 1.807) is 18.4 Å². The summed E-state index contributed by atoms with van der Waals surface area (Å²) in [6, 6.07) is 10.3. The van der Waals surface area contributed by atoms with E-state index < -0.39 is 0 Å². The fraction of sp³-hybridized carbons (Fsp3) is 0.231. The zero-order valence-electron chi connectivity index (χ0n) is 9.94. The van der Waals surface area contributed by atoms with Crippen LogP contribution < -0.4 is 16.0 Å². The first-order valence-corrected chi connectivity index (χ1v) is 6.28. The third-order valence-electron chi connectivity index (χ3n) is 2.72. The highest BCUT2D eigenvalue weighted by Crippen LogP contribution is 2.34. The van der Waals surface area contributed by atoms with E-state index in [9.17, 15) is 0 Å². The number of methoxy groups -OCH3 is 1. The van der Waals surface area contributed by atoms with Gasteiger partial charge in [-0.25, -0.2) is 5.43 Å². The molecule has 4 heteroatoms. The normalized spacial score (nSPS) is 12.4. The van der Waals surface area contributed by atoms with E-state index in [1.807, 2.05) is 11.4 Å². The minimum absolute atomic E-state index is 0.0226. The van der Waals surface area contributed by atoms with Crippen LogP contribution >= 0.6 is 11.3 Å². The van der Waals surface area contributed by atoms with Gasteiger partial charge in [-0.2, -0.15) is 0 Å². The van der Waals surface area contributed by atoms with Gasteiger partial charge in [-0.15, -0.1) is 11.3 Å². The van der Waals surface area contributed by atoms with Crippen LogP contribution in [-0.4, -0.2) is 7.11 Å². The molecule has 90 valence electrons. The first-order valence-electron chi connectivity index (χ1n) is 5.40. The van der Waals surface area contributed by atoms with E-state index in [-0.39, 0.29) is 6.04 Å². The summed E-state index contributed by atoms with van der Waals surface area (Å²) in [6.45, 7) is 2.07. The van der Waals surface area contributed by atoms with Crippen molar-refractivity contribution < 1.29 is 4.74 Å². The maximum absolute atomic E-state index is 5.66. The van der Waals surface area contributed by atoms with Crippen LogP contribution in [0.25, 0.3) is 0 Å². The summed E-state index contributed by atoms with van der Waals surface area (Å²) < 4.78 is 5.33. The Kier molecular flexibility index (Phi) is 3.78. The molecule has 0 fully saturated rings. The standard InChI is InChI=1S/C13H16N2OS/c1-9-3-5-10(6-4-9)12(15-14)13-11(16-2)7-8-17-13/h3-8,12,15H,14H2,1-2H3. The highest BCUT2D eigenvalue weighted by Gasteiger charge is 2.18. The average molecular weight is 248 g/mol. The number of hydrogen-bond donors (Lipinski definition) is 2. The van der Waals surface area contributed by atoms with E-state index in [4.69, 9.17) is 10.6 Å². The smallest absolute Gasteiger partial charge is 0.134 e. The molecule has 17 heavy (non-hydrogen) atoms. The Balaban J connectivity index is 2.36. The number of hydrazine groups is 1. The zero-order chi connectivity index (χ0) is 12.3. The highest BCUT2D eigenvalue weighted by molar-refractivity contribution is 7.10. The summed E-state index contributed by atoms with van der Waals surface area (Å²) in [7, 11) is 1.67. The summed E-state index contributed by atoms with van der Waals surface area (Å²) in [6.07, 6.45) is 0. The molecule has 1 atom stereocenters. The fourth-order valence-electron chi connectivity index (χ4n) is 1.77. The number of hydrogen-bond acceptors (Lipinski definition) is 4. The van der Waals surface area contributed by atoms with Crippen LogP contribution in [0.2, 0.25) is 0 Å². The lowest BCUT2D eigenvalue weighted by Crippen LogP contribution is -2.28. The molecule has 3 N–H and O–H groups in total. The number of ether oxygens (including phenoxy) is 1. The molecule has 0 aliphatic carbocycles. The maximum Gasteiger partial charge on any atom is 0.134 e. The molecule has 1 heterocycles. The van der Waals surface area contributed by atoms with E-state index in [2.05, 4.69) is 36.6 Å². The molecule has 0 saturated heterocycles. The Hall–Kier alpha value is -1.36. The Morgan fingerprint density at radius 1 is 1.24 bits per heavy atom. The largest absolute Gasteiger partial charge is 0.496 e. The molecule has 2 aromatic rings. The third kappa shape index (κ3) is 2.49. The summed E-state index contributed by atoms with van der Waals surface area (Å²) in [5.74, 6) is 6.53. The van der Waals surface area contributed by atoms with Gasteiger partial charge in [-0.05, 0) is 23.9 Å². The van der Waals surface area contributed by atoms with Gasteiger partial charge in [-0.3, -0.25) is 5.84 Å². The topological polar surface area (TPSA) is 47.3 Å². The fourth-order valence-corrected chi connectivity index (χ4v) is 2.72. The van der Waals surface area contributed by atoms with Gasteiger partial charge in [0.05, 0.1) is 18.0 Å². The number of thiophene rings is 1. The molecule has 0 aliphatic rings. The Morgan fingerprint density at radius 2 is 1.94 bits per heavy atom. The van der Waals surface area contributed by atoms with Crippen LogP contribution in [0.5, 0.6) is 5.75 Å². The Labute approximate surface area is 105 Å². The second-order valence-electron chi connectivity index (χ2n) is 3.86. The summed E-state index contributed by atoms with van der Waals surface area (Å²) in [5, 5.41) is 2.01. The number of nitrogens with one attached hydrogen (secondary N) is 1. The quantitative estimate of drug-likeness (QED) is 0.646. The second kappa shape index (κ2) is 5.31. The van der Waals surface area contributed by atoms with Crippen molar-refractivity contribution in [2.75, 3.05) is 7.11 Å². The van der Waals surface area contributed by atoms with Crippen molar-refractivity contribution in [2.45, 2.75) is 13.0 Å². The molecule has 2 rings (SSSR count). The predicted octanol–water partition coefficient (Wildman–Crippen LogP) is 2.62. The van der Waals surface area contributed by atoms with Crippen LogP contribution in [0.1, 0.15) is 22.0 Å². The number of aryl methyl sites for hydroxylation is 1. The van der Waals surface area contributed by atoms with Crippen molar-refractivity contribution in [3.63, 3.8) is 0 Å². The molecule has 0 saturated carbocycles. The first-order chi connectivity index (χ1) is 8.26. The zero-order valence-corrected chi connectivity index (χ0v) is 10.8. The maximum atomic E-state index is 5.66. The molecule has 3 nitrogen and oxygen atoms in total. The van der Waals surface area contributed by atoms with Crippen molar-refractivity contribution in [1.82, 2.24) is 5.43 Å². The molecule has 0 radical (unpaired) electrons. The van der Waals surface area contributed by atoms with E-state index in [0.717, 1.165) is 16.2 Å². The van der Waals surface area contributed by atoms with Crippen LogP contribution in [0, 0.1) is 6.92 Å². The van der Waals surface area contributed by atoms with Crippen LogP contribution in [0.3, 0.4) is 0 Å². The minimum atomic E-state index is -0.0226. The lowest BCUT2D eigenvalue weighted by molar-refractivity contribution is 0.408. The number of rotatable bonds is 4. The lowest BCUT2D eigenvalue weighted by atomic mass is 10.0. The van der Waals surface area contributed by atoms with Crippen molar-refractivity contribution in [1.29, 1.82) is 0 Å². The minimum Gasteiger partial charge on any atom is -0.496 e. The van der Waals surface area contributed by atoms with Gasteiger partial charge in [0.25, 0.3) is 0 Å². The molecular weight excluding hydrogens is 232 g/mol. The number of benzene rings is 1. The van der Waals surface area contributed by atoms with Crippen molar-refractivity contribution in [3.05, 3.63) is 51.7 Å².